The largest absolute Gasteiger partial charge is 0.324 e. The van der Waals surface area contributed by atoms with Crippen LogP contribution in [0.25, 0.3) is 5.69 Å². The van der Waals surface area contributed by atoms with Gasteiger partial charge in [0.25, 0.3) is 0 Å². The highest BCUT2D eigenvalue weighted by molar-refractivity contribution is 6.30. The predicted octanol–water partition coefficient (Wildman–Crippen LogP) is 3.57. The first kappa shape index (κ1) is 13.3. The molecule has 4 rings (SSSR count). The van der Waals surface area contributed by atoms with E-state index in [1.165, 1.54) is 0 Å². The number of rotatable bonds is 1. The van der Waals surface area contributed by atoms with Gasteiger partial charge in [-0.15, -0.1) is 10.2 Å². The molecule has 0 saturated carbocycles. The van der Waals surface area contributed by atoms with Crippen molar-refractivity contribution in [3.05, 3.63) is 59.8 Å². The monoisotopic (exact) mass is 311 g/mol. The molecule has 22 heavy (non-hydrogen) atoms. The molecule has 0 spiro atoms. The van der Waals surface area contributed by atoms with E-state index in [1.54, 1.807) is 12.5 Å². The van der Waals surface area contributed by atoms with Crippen LogP contribution in [-0.2, 0) is 0 Å². The van der Waals surface area contributed by atoms with E-state index in [1.807, 2.05) is 24.3 Å². The van der Waals surface area contributed by atoms with Crippen LogP contribution >= 0.6 is 11.6 Å². The van der Waals surface area contributed by atoms with Gasteiger partial charge in [-0.1, -0.05) is 30.7 Å². The second-order valence-corrected chi connectivity index (χ2v) is 5.83. The van der Waals surface area contributed by atoms with E-state index in [4.69, 9.17) is 11.6 Å². The number of hydrogen-bond acceptors (Lipinski definition) is 4. The SMILES string of the molecule is CC1CN(c2ccc(Cl)cn2)c2ccccc2-n2cnnc21. The van der Waals surface area contributed by atoms with E-state index in [9.17, 15) is 0 Å². The molecule has 1 aliphatic rings. The minimum atomic E-state index is 0.229. The van der Waals surface area contributed by atoms with E-state index < -0.39 is 0 Å². The van der Waals surface area contributed by atoms with Gasteiger partial charge in [-0.3, -0.25) is 4.57 Å². The van der Waals surface area contributed by atoms with Gasteiger partial charge in [0.15, 0.2) is 0 Å². The maximum Gasteiger partial charge on any atom is 0.142 e. The van der Waals surface area contributed by atoms with Gasteiger partial charge < -0.3 is 4.90 Å². The Labute approximate surface area is 133 Å². The van der Waals surface area contributed by atoms with E-state index >= 15 is 0 Å². The van der Waals surface area contributed by atoms with Crippen molar-refractivity contribution in [1.29, 1.82) is 0 Å². The molecule has 1 aliphatic heterocycles. The number of nitrogens with zero attached hydrogens (tertiary/aromatic N) is 5. The topological polar surface area (TPSA) is 46.8 Å². The van der Waals surface area contributed by atoms with Gasteiger partial charge in [0.05, 0.1) is 16.4 Å². The molecule has 0 aliphatic carbocycles. The van der Waals surface area contributed by atoms with Crippen molar-refractivity contribution in [2.75, 3.05) is 11.4 Å². The van der Waals surface area contributed by atoms with Crippen LogP contribution in [0, 0.1) is 0 Å². The minimum Gasteiger partial charge on any atom is -0.324 e. The van der Waals surface area contributed by atoms with Gasteiger partial charge in [-0.2, -0.15) is 0 Å². The third kappa shape index (κ3) is 2.05. The fourth-order valence-electron chi connectivity index (χ4n) is 2.86. The van der Waals surface area contributed by atoms with Gasteiger partial charge in [-0.05, 0) is 24.3 Å². The molecule has 0 fully saturated rings. The average molecular weight is 312 g/mol. The number of fused-ring (bicyclic) bond motifs is 3. The Morgan fingerprint density at radius 1 is 1.14 bits per heavy atom. The number of pyridine rings is 1. The van der Waals surface area contributed by atoms with Crippen LogP contribution in [-0.4, -0.2) is 26.3 Å². The quantitative estimate of drug-likeness (QED) is 0.689. The molecule has 1 unspecified atom stereocenters. The van der Waals surface area contributed by atoms with E-state index in [2.05, 4.69) is 43.7 Å². The summed E-state index contributed by atoms with van der Waals surface area (Å²) in [6, 6.07) is 12.0. The summed E-state index contributed by atoms with van der Waals surface area (Å²) in [5.74, 6) is 2.07. The van der Waals surface area contributed by atoms with Crippen LogP contribution < -0.4 is 4.90 Å². The highest BCUT2D eigenvalue weighted by atomic mass is 35.5. The van der Waals surface area contributed by atoms with Gasteiger partial charge in [0, 0.05) is 18.7 Å². The third-order valence-electron chi connectivity index (χ3n) is 3.89. The van der Waals surface area contributed by atoms with Crippen LogP contribution in [0.5, 0.6) is 0 Å². The number of para-hydroxylation sites is 2. The van der Waals surface area contributed by atoms with Crippen molar-refractivity contribution in [1.82, 2.24) is 19.7 Å². The molecule has 3 heterocycles. The summed E-state index contributed by atoms with van der Waals surface area (Å²) in [6.07, 6.45) is 3.44. The Morgan fingerprint density at radius 2 is 1.95 bits per heavy atom. The molecule has 0 radical (unpaired) electrons. The summed E-state index contributed by atoms with van der Waals surface area (Å²) < 4.78 is 2.05. The summed E-state index contributed by atoms with van der Waals surface area (Å²) in [4.78, 5) is 6.67. The van der Waals surface area contributed by atoms with E-state index in [0.717, 1.165) is 29.6 Å². The summed E-state index contributed by atoms with van der Waals surface area (Å²) in [5, 5.41) is 8.99. The summed E-state index contributed by atoms with van der Waals surface area (Å²) in [6.45, 7) is 2.93. The van der Waals surface area contributed by atoms with Crippen LogP contribution in [0.3, 0.4) is 0 Å². The lowest BCUT2D eigenvalue weighted by Crippen LogP contribution is -2.22. The van der Waals surface area contributed by atoms with Crippen molar-refractivity contribution in [3.8, 4) is 5.69 Å². The summed E-state index contributed by atoms with van der Waals surface area (Å²) in [7, 11) is 0. The lowest BCUT2D eigenvalue weighted by molar-refractivity contribution is 0.694. The molecule has 110 valence electrons. The summed E-state index contributed by atoms with van der Waals surface area (Å²) in [5.41, 5.74) is 2.14. The normalized spacial score (nSPS) is 16.8. The minimum absolute atomic E-state index is 0.229. The standard InChI is InChI=1S/C16H14ClN5/c1-11-9-21(15-7-6-12(17)8-18-15)13-4-2-3-5-14(13)22-10-19-20-16(11)22/h2-8,10-11H,9H2,1H3. The van der Waals surface area contributed by atoms with Gasteiger partial charge >= 0.3 is 0 Å². The number of benzene rings is 1. The first-order chi connectivity index (χ1) is 10.7. The molecule has 1 aromatic carbocycles. The number of anilines is 2. The van der Waals surface area contributed by atoms with Crippen LogP contribution in [0.15, 0.2) is 48.9 Å². The molecule has 0 saturated heterocycles. The third-order valence-corrected chi connectivity index (χ3v) is 4.12. The zero-order valence-electron chi connectivity index (χ0n) is 12.0. The highest BCUT2D eigenvalue weighted by Gasteiger charge is 2.26. The van der Waals surface area contributed by atoms with Gasteiger partial charge in [-0.25, -0.2) is 4.98 Å². The first-order valence-corrected chi connectivity index (χ1v) is 7.50. The van der Waals surface area contributed by atoms with Crippen molar-refractivity contribution >= 4 is 23.1 Å². The predicted molar refractivity (Wildman–Crippen MR) is 86.0 cm³/mol. The van der Waals surface area contributed by atoms with Crippen molar-refractivity contribution < 1.29 is 0 Å². The molecule has 3 aromatic rings. The Bertz CT molecular complexity index is 811. The maximum absolute atomic E-state index is 5.96. The van der Waals surface area contributed by atoms with E-state index in [-0.39, 0.29) is 5.92 Å². The Morgan fingerprint density at radius 3 is 2.73 bits per heavy atom. The molecule has 6 heteroatoms. The van der Waals surface area contributed by atoms with Gasteiger partial charge in [0.2, 0.25) is 0 Å². The summed E-state index contributed by atoms with van der Waals surface area (Å²) >= 11 is 5.96. The molecular weight excluding hydrogens is 298 g/mol. The molecule has 2 aromatic heterocycles. The molecule has 0 N–H and O–H groups in total. The Balaban J connectivity index is 1.91. The fraction of sp³-hybridized carbons (Fsp3) is 0.188. The van der Waals surface area contributed by atoms with Crippen molar-refractivity contribution in [3.63, 3.8) is 0 Å². The maximum atomic E-state index is 5.96. The van der Waals surface area contributed by atoms with Gasteiger partial charge in [0.1, 0.15) is 18.0 Å². The number of halogens is 1. The van der Waals surface area contributed by atoms with Crippen molar-refractivity contribution in [2.24, 2.45) is 0 Å². The Kier molecular flexibility index (Phi) is 3.08. The highest BCUT2D eigenvalue weighted by Crippen LogP contribution is 2.36. The smallest absolute Gasteiger partial charge is 0.142 e. The molecular formula is C16H14ClN5. The zero-order chi connectivity index (χ0) is 15.1. The number of hydrogen-bond donors (Lipinski definition) is 0. The molecule has 0 bridgehead atoms. The fourth-order valence-corrected chi connectivity index (χ4v) is 2.97. The lowest BCUT2D eigenvalue weighted by atomic mass is 10.1. The second kappa shape index (κ2) is 5.10. The lowest BCUT2D eigenvalue weighted by Gasteiger charge is -2.25. The Hall–Kier alpha value is -2.40. The molecule has 5 nitrogen and oxygen atoms in total. The van der Waals surface area contributed by atoms with E-state index in [0.29, 0.717) is 5.02 Å². The van der Waals surface area contributed by atoms with Crippen molar-refractivity contribution in [2.45, 2.75) is 12.8 Å². The zero-order valence-corrected chi connectivity index (χ0v) is 12.8. The van der Waals surface area contributed by atoms with Crippen LogP contribution in [0.2, 0.25) is 5.02 Å². The van der Waals surface area contributed by atoms with Crippen LogP contribution in [0.4, 0.5) is 11.5 Å². The number of aromatic nitrogens is 4. The average Bonchev–Trinajstić information content (AvgIpc) is 2.99. The van der Waals surface area contributed by atoms with Crippen LogP contribution in [0.1, 0.15) is 18.7 Å². The molecule has 0 amide bonds. The molecule has 1 atom stereocenters. The first-order valence-electron chi connectivity index (χ1n) is 7.12. The second-order valence-electron chi connectivity index (χ2n) is 5.39.